The molecular weight excluding hydrogens is 293 g/mol. The standard InChI is InChI=1S/C12H15F3N2O2S/c1-20(19)6-2-3-11(18)17-8-4-5-10(16)9(7-8)12(13,14)15/h4-5,7H,2-3,6,16H2,1H3,(H,17,18). The summed E-state index contributed by atoms with van der Waals surface area (Å²) in [5.41, 5.74) is 3.92. The smallest absolute Gasteiger partial charge is 0.398 e. The highest BCUT2D eigenvalue weighted by molar-refractivity contribution is 7.84. The summed E-state index contributed by atoms with van der Waals surface area (Å²) >= 11 is 0. The number of nitrogen functional groups attached to an aromatic ring is 1. The molecule has 1 amide bonds. The van der Waals surface area contributed by atoms with Gasteiger partial charge in [-0.15, -0.1) is 0 Å². The maximum Gasteiger partial charge on any atom is 0.418 e. The van der Waals surface area contributed by atoms with Crippen LogP contribution < -0.4 is 11.1 Å². The Hall–Kier alpha value is -1.57. The molecule has 0 aromatic heterocycles. The largest absolute Gasteiger partial charge is 0.418 e. The van der Waals surface area contributed by atoms with Crippen molar-refractivity contribution in [2.75, 3.05) is 23.1 Å². The quantitative estimate of drug-likeness (QED) is 0.820. The number of nitrogens with one attached hydrogen (secondary N) is 1. The molecule has 0 saturated heterocycles. The van der Waals surface area contributed by atoms with Gasteiger partial charge in [-0.3, -0.25) is 9.00 Å². The summed E-state index contributed by atoms with van der Waals surface area (Å²) in [6, 6.07) is 3.20. The Bertz CT molecular complexity index is 518. The lowest BCUT2D eigenvalue weighted by atomic mass is 10.1. The van der Waals surface area contributed by atoms with Crippen molar-refractivity contribution in [2.45, 2.75) is 19.0 Å². The Morgan fingerprint density at radius 2 is 2.05 bits per heavy atom. The van der Waals surface area contributed by atoms with Crippen molar-refractivity contribution in [1.29, 1.82) is 0 Å². The van der Waals surface area contributed by atoms with Gasteiger partial charge in [0.2, 0.25) is 5.91 Å². The van der Waals surface area contributed by atoms with Crippen LogP contribution in [0.15, 0.2) is 18.2 Å². The molecule has 0 bridgehead atoms. The molecule has 4 nitrogen and oxygen atoms in total. The first-order chi connectivity index (χ1) is 9.20. The zero-order valence-electron chi connectivity index (χ0n) is 10.8. The highest BCUT2D eigenvalue weighted by atomic mass is 32.2. The number of rotatable bonds is 5. The third-order valence-electron chi connectivity index (χ3n) is 2.48. The molecule has 0 fully saturated rings. The molecule has 0 spiro atoms. The number of nitrogens with two attached hydrogens (primary N) is 1. The topological polar surface area (TPSA) is 72.2 Å². The van der Waals surface area contributed by atoms with Crippen LogP contribution in [-0.2, 0) is 21.8 Å². The molecule has 0 aliphatic rings. The van der Waals surface area contributed by atoms with Gasteiger partial charge in [0.1, 0.15) is 0 Å². The van der Waals surface area contributed by atoms with Gasteiger partial charge in [0, 0.05) is 40.6 Å². The Morgan fingerprint density at radius 3 is 2.60 bits per heavy atom. The van der Waals surface area contributed by atoms with E-state index < -0.39 is 34.1 Å². The fraction of sp³-hybridized carbons (Fsp3) is 0.417. The van der Waals surface area contributed by atoms with Crippen molar-refractivity contribution in [3.05, 3.63) is 23.8 Å². The number of carbonyl (C=O) groups is 1. The Morgan fingerprint density at radius 1 is 1.40 bits per heavy atom. The molecule has 20 heavy (non-hydrogen) atoms. The van der Waals surface area contributed by atoms with Crippen LogP contribution in [0.3, 0.4) is 0 Å². The fourth-order valence-corrected chi connectivity index (χ4v) is 2.09. The van der Waals surface area contributed by atoms with Gasteiger partial charge >= 0.3 is 6.18 Å². The first-order valence-electron chi connectivity index (χ1n) is 5.76. The van der Waals surface area contributed by atoms with Gasteiger partial charge in [-0.2, -0.15) is 13.2 Å². The summed E-state index contributed by atoms with van der Waals surface area (Å²) in [5, 5.41) is 2.36. The van der Waals surface area contributed by atoms with E-state index in [0.29, 0.717) is 12.2 Å². The van der Waals surface area contributed by atoms with E-state index in [4.69, 9.17) is 5.73 Å². The average molecular weight is 308 g/mol. The molecule has 1 aromatic rings. The third-order valence-corrected chi connectivity index (χ3v) is 3.34. The lowest BCUT2D eigenvalue weighted by molar-refractivity contribution is -0.136. The Labute approximate surface area is 117 Å². The van der Waals surface area contributed by atoms with E-state index in [9.17, 15) is 22.2 Å². The monoisotopic (exact) mass is 308 g/mol. The van der Waals surface area contributed by atoms with Crippen LogP contribution in [-0.4, -0.2) is 22.1 Å². The number of benzene rings is 1. The molecule has 0 heterocycles. The molecular formula is C12H15F3N2O2S. The minimum Gasteiger partial charge on any atom is -0.398 e. The van der Waals surface area contributed by atoms with Gasteiger partial charge in [0.25, 0.3) is 0 Å². The normalized spacial score (nSPS) is 13.0. The Kier molecular flexibility index (Phi) is 5.55. The van der Waals surface area contributed by atoms with E-state index in [1.54, 1.807) is 0 Å². The predicted molar refractivity (Wildman–Crippen MR) is 72.7 cm³/mol. The second-order valence-electron chi connectivity index (χ2n) is 4.23. The number of halogens is 3. The zero-order valence-corrected chi connectivity index (χ0v) is 11.6. The number of carbonyl (C=O) groups excluding carboxylic acids is 1. The van der Waals surface area contributed by atoms with E-state index in [0.717, 1.165) is 12.1 Å². The molecule has 1 aromatic carbocycles. The maximum absolute atomic E-state index is 12.6. The third kappa shape index (κ3) is 5.20. The zero-order chi connectivity index (χ0) is 15.3. The molecule has 3 N–H and O–H groups in total. The second kappa shape index (κ2) is 6.74. The SMILES string of the molecule is CS(=O)CCCC(=O)Nc1ccc(N)c(C(F)(F)F)c1. The first kappa shape index (κ1) is 16.5. The first-order valence-corrected chi connectivity index (χ1v) is 7.49. The number of anilines is 2. The van der Waals surface area contributed by atoms with E-state index in [2.05, 4.69) is 5.32 Å². The number of hydrogen-bond donors (Lipinski definition) is 2. The van der Waals surface area contributed by atoms with Crippen LogP contribution in [0.25, 0.3) is 0 Å². The summed E-state index contributed by atoms with van der Waals surface area (Å²) in [7, 11) is -0.992. The average Bonchev–Trinajstić information content (AvgIpc) is 2.29. The molecule has 8 heteroatoms. The van der Waals surface area contributed by atoms with Gasteiger partial charge < -0.3 is 11.1 Å². The highest BCUT2D eigenvalue weighted by Crippen LogP contribution is 2.35. The molecule has 112 valence electrons. The summed E-state index contributed by atoms with van der Waals surface area (Å²) < 4.78 is 48.7. The van der Waals surface area contributed by atoms with Crippen molar-refractivity contribution in [3.63, 3.8) is 0 Å². The minimum absolute atomic E-state index is 0.0362. The van der Waals surface area contributed by atoms with E-state index in [-0.39, 0.29) is 12.1 Å². The van der Waals surface area contributed by atoms with Crippen LogP contribution in [0.1, 0.15) is 18.4 Å². The van der Waals surface area contributed by atoms with E-state index in [1.165, 1.54) is 12.3 Å². The highest BCUT2D eigenvalue weighted by Gasteiger charge is 2.33. The molecule has 0 aliphatic carbocycles. The molecule has 1 rings (SSSR count). The van der Waals surface area contributed by atoms with Gasteiger partial charge in [0.15, 0.2) is 0 Å². The van der Waals surface area contributed by atoms with Crippen molar-refractivity contribution in [1.82, 2.24) is 0 Å². The number of alkyl halides is 3. The van der Waals surface area contributed by atoms with Crippen molar-refractivity contribution in [2.24, 2.45) is 0 Å². The molecule has 1 atom stereocenters. The lowest BCUT2D eigenvalue weighted by Gasteiger charge is -2.12. The molecule has 1 unspecified atom stereocenters. The molecule has 0 radical (unpaired) electrons. The van der Waals surface area contributed by atoms with Crippen molar-refractivity contribution in [3.8, 4) is 0 Å². The van der Waals surface area contributed by atoms with Gasteiger partial charge in [-0.25, -0.2) is 0 Å². The van der Waals surface area contributed by atoms with E-state index in [1.807, 2.05) is 0 Å². The van der Waals surface area contributed by atoms with Crippen molar-refractivity contribution >= 4 is 28.1 Å². The molecule has 0 saturated carbocycles. The second-order valence-corrected chi connectivity index (χ2v) is 5.78. The van der Waals surface area contributed by atoms with Crippen LogP contribution >= 0.6 is 0 Å². The van der Waals surface area contributed by atoms with Crippen LogP contribution in [0.4, 0.5) is 24.5 Å². The van der Waals surface area contributed by atoms with Gasteiger partial charge in [0.05, 0.1) is 5.56 Å². The number of hydrogen-bond acceptors (Lipinski definition) is 3. The van der Waals surface area contributed by atoms with Crippen LogP contribution in [0, 0.1) is 0 Å². The van der Waals surface area contributed by atoms with Crippen LogP contribution in [0.5, 0.6) is 0 Å². The number of amides is 1. The van der Waals surface area contributed by atoms with Crippen molar-refractivity contribution < 1.29 is 22.2 Å². The lowest BCUT2D eigenvalue weighted by Crippen LogP contribution is -2.14. The van der Waals surface area contributed by atoms with Gasteiger partial charge in [-0.1, -0.05) is 0 Å². The predicted octanol–water partition coefficient (Wildman–Crippen LogP) is 2.38. The summed E-state index contributed by atoms with van der Waals surface area (Å²) in [5.74, 6) is -0.0449. The van der Waals surface area contributed by atoms with Gasteiger partial charge in [-0.05, 0) is 24.6 Å². The summed E-state index contributed by atoms with van der Waals surface area (Å²) in [6.07, 6.45) is -2.53. The van der Waals surface area contributed by atoms with E-state index >= 15 is 0 Å². The van der Waals surface area contributed by atoms with Crippen LogP contribution in [0.2, 0.25) is 0 Å². The fourth-order valence-electron chi connectivity index (χ4n) is 1.54. The minimum atomic E-state index is -4.57. The molecule has 0 aliphatic heterocycles. The summed E-state index contributed by atoms with van der Waals surface area (Å²) in [6.45, 7) is 0. The Balaban J connectivity index is 2.69. The maximum atomic E-state index is 12.6. The summed E-state index contributed by atoms with van der Waals surface area (Å²) in [4.78, 5) is 11.5.